The first-order chi connectivity index (χ1) is 14.1. The number of carbonyl (C=O) groups is 2. The van der Waals surface area contributed by atoms with E-state index in [1.165, 1.54) is 13.2 Å². The fourth-order valence-electron chi connectivity index (χ4n) is 3.27. The van der Waals surface area contributed by atoms with Crippen LogP contribution in [0.25, 0.3) is 11.0 Å². The second-order valence-electron chi connectivity index (χ2n) is 6.51. The average molecular weight is 415 g/mol. The number of fused-ring (bicyclic) bond motifs is 1. The summed E-state index contributed by atoms with van der Waals surface area (Å²) in [6.07, 6.45) is 0. The van der Waals surface area contributed by atoms with Crippen LogP contribution in [0.1, 0.15) is 20.9 Å². The lowest BCUT2D eigenvalue weighted by Gasteiger charge is -2.26. The molecule has 8 heteroatoms. The van der Waals surface area contributed by atoms with Crippen molar-refractivity contribution in [1.82, 2.24) is 4.90 Å². The summed E-state index contributed by atoms with van der Waals surface area (Å²) in [5.74, 6) is -0.284. The van der Waals surface area contributed by atoms with Crippen molar-refractivity contribution in [2.75, 3.05) is 38.7 Å². The third kappa shape index (κ3) is 3.79. The number of nitrogens with zero attached hydrogens (tertiary/aromatic N) is 1. The van der Waals surface area contributed by atoms with Gasteiger partial charge in [-0.25, -0.2) is 0 Å². The number of para-hydroxylation sites is 1. The molecule has 2 aromatic carbocycles. The van der Waals surface area contributed by atoms with E-state index in [0.717, 1.165) is 0 Å². The lowest BCUT2D eigenvalue weighted by atomic mass is 10.1. The highest BCUT2D eigenvalue weighted by atomic mass is 35.5. The number of halogens is 1. The molecule has 1 aromatic heterocycles. The van der Waals surface area contributed by atoms with Crippen molar-refractivity contribution in [2.45, 2.75) is 0 Å². The SMILES string of the molecule is COc1ccc(Cl)cc1C(=O)Nc1c(C(=O)N2CCOCC2)oc2ccccc12. The number of ether oxygens (including phenoxy) is 2. The number of hydrogen-bond donors (Lipinski definition) is 1. The zero-order chi connectivity index (χ0) is 20.4. The molecular formula is C21H19ClN2O5. The first-order valence-electron chi connectivity index (χ1n) is 9.12. The van der Waals surface area contributed by atoms with Crippen LogP contribution in [0.15, 0.2) is 46.9 Å². The van der Waals surface area contributed by atoms with Crippen molar-refractivity contribution in [3.8, 4) is 5.75 Å². The second kappa shape index (κ2) is 8.14. The number of nitrogens with one attached hydrogen (secondary N) is 1. The quantitative estimate of drug-likeness (QED) is 0.701. The number of furan rings is 1. The Bertz CT molecular complexity index is 1070. The van der Waals surface area contributed by atoms with Crippen LogP contribution in [0.2, 0.25) is 5.02 Å². The van der Waals surface area contributed by atoms with E-state index in [1.54, 1.807) is 35.2 Å². The predicted octanol–water partition coefficient (Wildman–Crippen LogP) is 3.82. The minimum atomic E-state index is -0.452. The van der Waals surface area contributed by atoms with Crippen molar-refractivity contribution in [3.05, 3.63) is 58.8 Å². The van der Waals surface area contributed by atoms with Gasteiger partial charge in [0, 0.05) is 23.5 Å². The number of rotatable bonds is 4. The maximum Gasteiger partial charge on any atom is 0.291 e. The maximum absolute atomic E-state index is 13.1. The molecule has 1 fully saturated rings. The minimum Gasteiger partial charge on any atom is -0.496 e. The van der Waals surface area contributed by atoms with E-state index < -0.39 is 5.91 Å². The molecule has 1 aliphatic heterocycles. The molecule has 1 saturated heterocycles. The fraction of sp³-hybridized carbons (Fsp3) is 0.238. The summed E-state index contributed by atoms with van der Waals surface area (Å²) in [5, 5.41) is 3.86. The normalized spacial score (nSPS) is 14.1. The highest BCUT2D eigenvalue weighted by Crippen LogP contribution is 2.33. The smallest absolute Gasteiger partial charge is 0.291 e. The Hall–Kier alpha value is -3.03. The monoisotopic (exact) mass is 414 g/mol. The Balaban J connectivity index is 1.74. The first-order valence-corrected chi connectivity index (χ1v) is 9.49. The molecule has 1 aliphatic rings. The fourth-order valence-corrected chi connectivity index (χ4v) is 3.44. The average Bonchev–Trinajstić information content (AvgIpc) is 3.12. The summed E-state index contributed by atoms with van der Waals surface area (Å²) >= 11 is 6.05. The second-order valence-corrected chi connectivity index (χ2v) is 6.94. The maximum atomic E-state index is 13.1. The van der Waals surface area contributed by atoms with Crippen molar-refractivity contribution in [2.24, 2.45) is 0 Å². The van der Waals surface area contributed by atoms with Crippen LogP contribution in [-0.2, 0) is 4.74 Å². The van der Waals surface area contributed by atoms with Crippen molar-refractivity contribution in [1.29, 1.82) is 0 Å². The molecule has 7 nitrogen and oxygen atoms in total. The minimum absolute atomic E-state index is 0.0856. The highest BCUT2D eigenvalue weighted by Gasteiger charge is 2.28. The first kappa shape index (κ1) is 19.3. The van der Waals surface area contributed by atoms with Crippen LogP contribution in [0, 0.1) is 0 Å². The van der Waals surface area contributed by atoms with Gasteiger partial charge < -0.3 is 24.1 Å². The standard InChI is InChI=1S/C21H19ClN2O5/c1-27-16-7-6-13(22)12-15(16)20(25)23-18-14-4-2-3-5-17(14)29-19(18)21(26)24-8-10-28-11-9-24/h2-7,12H,8-11H2,1H3,(H,23,25). The van der Waals surface area contributed by atoms with Gasteiger partial charge in [0.2, 0.25) is 5.76 Å². The molecule has 0 aliphatic carbocycles. The molecule has 0 bridgehead atoms. The molecule has 150 valence electrons. The zero-order valence-electron chi connectivity index (χ0n) is 15.7. The number of methoxy groups -OCH3 is 1. The number of morpholine rings is 1. The lowest BCUT2D eigenvalue weighted by Crippen LogP contribution is -2.40. The third-order valence-corrected chi connectivity index (χ3v) is 4.97. The summed E-state index contributed by atoms with van der Waals surface area (Å²) in [6, 6.07) is 11.9. The van der Waals surface area contributed by atoms with Gasteiger partial charge >= 0.3 is 0 Å². The topological polar surface area (TPSA) is 81.0 Å². The third-order valence-electron chi connectivity index (χ3n) is 4.73. The lowest BCUT2D eigenvalue weighted by molar-refractivity contribution is 0.0285. The number of amides is 2. The summed E-state index contributed by atoms with van der Waals surface area (Å²) in [5.41, 5.74) is 1.09. The Morgan fingerprint density at radius 1 is 1.14 bits per heavy atom. The van der Waals surface area contributed by atoms with Crippen LogP contribution in [0.5, 0.6) is 5.75 Å². The highest BCUT2D eigenvalue weighted by molar-refractivity contribution is 6.31. The van der Waals surface area contributed by atoms with Gasteiger partial charge in [0.05, 0.1) is 25.9 Å². The van der Waals surface area contributed by atoms with E-state index in [-0.39, 0.29) is 17.2 Å². The summed E-state index contributed by atoms with van der Waals surface area (Å²) in [4.78, 5) is 27.7. The van der Waals surface area contributed by atoms with E-state index in [1.807, 2.05) is 6.07 Å². The molecule has 0 atom stereocenters. The van der Waals surface area contributed by atoms with Gasteiger partial charge in [-0.15, -0.1) is 0 Å². The molecular weight excluding hydrogens is 396 g/mol. The van der Waals surface area contributed by atoms with E-state index in [9.17, 15) is 9.59 Å². The number of anilines is 1. The molecule has 0 unspecified atom stereocenters. The van der Waals surface area contributed by atoms with Gasteiger partial charge in [-0.2, -0.15) is 0 Å². The van der Waals surface area contributed by atoms with Crippen molar-refractivity contribution >= 4 is 40.1 Å². The van der Waals surface area contributed by atoms with E-state index in [4.69, 9.17) is 25.5 Å². The van der Waals surface area contributed by atoms with Gasteiger partial charge in [0.25, 0.3) is 11.8 Å². The molecule has 0 spiro atoms. The van der Waals surface area contributed by atoms with Crippen LogP contribution in [-0.4, -0.2) is 50.1 Å². The predicted molar refractivity (Wildman–Crippen MR) is 109 cm³/mol. The van der Waals surface area contributed by atoms with Crippen LogP contribution < -0.4 is 10.1 Å². The van der Waals surface area contributed by atoms with Gasteiger partial charge in [-0.05, 0) is 30.3 Å². The molecule has 2 heterocycles. The molecule has 4 rings (SSSR count). The van der Waals surface area contributed by atoms with E-state index in [0.29, 0.717) is 53.7 Å². The molecule has 29 heavy (non-hydrogen) atoms. The van der Waals surface area contributed by atoms with Gasteiger partial charge in [-0.3, -0.25) is 9.59 Å². The van der Waals surface area contributed by atoms with Gasteiger partial charge in [0.15, 0.2) is 0 Å². The number of benzene rings is 2. The van der Waals surface area contributed by atoms with Crippen LogP contribution >= 0.6 is 11.6 Å². The van der Waals surface area contributed by atoms with Crippen molar-refractivity contribution < 1.29 is 23.5 Å². The molecule has 0 radical (unpaired) electrons. The Morgan fingerprint density at radius 3 is 2.66 bits per heavy atom. The van der Waals surface area contributed by atoms with Gasteiger partial charge in [-0.1, -0.05) is 23.7 Å². The van der Waals surface area contributed by atoms with E-state index >= 15 is 0 Å². The summed E-state index contributed by atoms with van der Waals surface area (Å²) in [6.45, 7) is 1.86. The van der Waals surface area contributed by atoms with Crippen LogP contribution in [0.3, 0.4) is 0 Å². The molecule has 1 N–H and O–H groups in total. The largest absolute Gasteiger partial charge is 0.496 e. The van der Waals surface area contributed by atoms with Crippen molar-refractivity contribution in [3.63, 3.8) is 0 Å². The number of carbonyl (C=O) groups excluding carboxylic acids is 2. The summed E-state index contributed by atoms with van der Waals surface area (Å²) < 4.78 is 16.4. The number of hydrogen-bond acceptors (Lipinski definition) is 5. The van der Waals surface area contributed by atoms with Gasteiger partial charge in [0.1, 0.15) is 17.0 Å². The van der Waals surface area contributed by atoms with Crippen LogP contribution in [0.4, 0.5) is 5.69 Å². The Morgan fingerprint density at radius 2 is 1.90 bits per heavy atom. The Labute approximate surface area is 172 Å². The molecule has 0 saturated carbocycles. The van der Waals surface area contributed by atoms with E-state index in [2.05, 4.69) is 5.32 Å². The molecule has 3 aromatic rings. The Kier molecular flexibility index (Phi) is 5.42. The molecule has 2 amide bonds. The summed E-state index contributed by atoms with van der Waals surface area (Å²) in [7, 11) is 1.47. The zero-order valence-corrected chi connectivity index (χ0v) is 16.5.